The fraction of sp³-hybridized carbons (Fsp3) is 1.00. The van der Waals surface area contributed by atoms with Crippen molar-refractivity contribution in [1.82, 2.24) is 0 Å². The maximum atomic E-state index is 8.41. The van der Waals surface area contributed by atoms with Gasteiger partial charge in [-0.3, -0.25) is 0 Å². The van der Waals surface area contributed by atoms with Crippen molar-refractivity contribution in [3.05, 3.63) is 0 Å². The van der Waals surface area contributed by atoms with Gasteiger partial charge in [-0.1, -0.05) is 54.5 Å². The van der Waals surface area contributed by atoms with Gasteiger partial charge in [0.1, 0.15) is 0 Å². The third-order valence-corrected chi connectivity index (χ3v) is 3.17. The van der Waals surface area contributed by atoms with Gasteiger partial charge < -0.3 is 15.3 Å². The van der Waals surface area contributed by atoms with E-state index >= 15 is 0 Å². The Morgan fingerprint density at radius 3 is 1.00 bits per heavy atom. The standard InChI is InChI=1S/C7H15BrO.C7H16O2.BrH/c2*8-6-4-2-1-3-5-7-9;/h9H,1-7H2;8-9H,1-7H2;1H. The number of aliphatic hydroxyl groups excluding tert-OH is 3. The van der Waals surface area contributed by atoms with Crippen LogP contribution in [0.25, 0.3) is 0 Å². The Balaban J connectivity index is -0.000000256. The molecule has 0 spiro atoms. The maximum absolute atomic E-state index is 8.41. The molecule has 0 aromatic rings. The summed E-state index contributed by atoms with van der Waals surface area (Å²) in [6.07, 6.45) is 11.1. The van der Waals surface area contributed by atoms with Crippen LogP contribution in [0.2, 0.25) is 0 Å². The SMILES string of the molecule is Br.OCCCCCCCBr.OCCCCCCCO. The molecule has 5 heteroatoms. The molecule has 0 bridgehead atoms. The third kappa shape index (κ3) is 32.4. The van der Waals surface area contributed by atoms with Crippen molar-refractivity contribution in [2.45, 2.75) is 64.2 Å². The molecule has 0 rings (SSSR count). The first-order chi connectivity index (χ1) is 8.83. The van der Waals surface area contributed by atoms with E-state index < -0.39 is 0 Å². The quantitative estimate of drug-likeness (QED) is 0.340. The summed E-state index contributed by atoms with van der Waals surface area (Å²) in [4.78, 5) is 0. The van der Waals surface area contributed by atoms with Crippen LogP contribution < -0.4 is 0 Å². The molecule has 19 heavy (non-hydrogen) atoms. The van der Waals surface area contributed by atoms with Crippen molar-refractivity contribution < 1.29 is 15.3 Å². The van der Waals surface area contributed by atoms with E-state index in [1.165, 1.54) is 25.7 Å². The summed E-state index contributed by atoms with van der Waals surface area (Å²) in [5.41, 5.74) is 0. The van der Waals surface area contributed by atoms with Crippen LogP contribution in [0.15, 0.2) is 0 Å². The molecule has 0 aliphatic heterocycles. The van der Waals surface area contributed by atoms with Crippen molar-refractivity contribution in [2.75, 3.05) is 25.2 Å². The van der Waals surface area contributed by atoms with Gasteiger partial charge in [-0.2, -0.15) is 0 Å². The summed E-state index contributed by atoms with van der Waals surface area (Å²) in [6, 6.07) is 0. The van der Waals surface area contributed by atoms with Crippen molar-refractivity contribution in [3.63, 3.8) is 0 Å². The van der Waals surface area contributed by atoms with Gasteiger partial charge in [0.15, 0.2) is 0 Å². The summed E-state index contributed by atoms with van der Waals surface area (Å²) < 4.78 is 0. The van der Waals surface area contributed by atoms with E-state index in [1.54, 1.807) is 0 Å². The van der Waals surface area contributed by atoms with Gasteiger partial charge in [-0.25, -0.2) is 0 Å². The Hall–Kier alpha value is 0.840. The lowest BCUT2D eigenvalue weighted by Gasteiger charge is -1.95. The number of rotatable bonds is 12. The molecule has 0 amide bonds. The lowest BCUT2D eigenvalue weighted by Crippen LogP contribution is -1.85. The Labute approximate surface area is 137 Å². The molecule has 0 aliphatic rings. The molecule has 0 fully saturated rings. The summed E-state index contributed by atoms with van der Waals surface area (Å²) in [5, 5.41) is 26.3. The second-order valence-corrected chi connectivity index (χ2v) is 5.19. The Morgan fingerprint density at radius 2 is 0.737 bits per heavy atom. The van der Waals surface area contributed by atoms with Crippen molar-refractivity contribution in [3.8, 4) is 0 Å². The van der Waals surface area contributed by atoms with Crippen LogP contribution in [0.4, 0.5) is 0 Å². The highest BCUT2D eigenvalue weighted by Crippen LogP contribution is 2.03. The molecule has 0 unspecified atom stereocenters. The molecule has 0 aromatic heterocycles. The Morgan fingerprint density at radius 1 is 0.474 bits per heavy atom. The highest BCUT2D eigenvalue weighted by atomic mass is 79.9. The minimum Gasteiger partial charge on any atom is -0.396 e. The average molecular weight is 408 g/mol. The van der Waals surface area contributed by atoms with Gasteiger partial charge in [-0.05, 0) is 25.7 Å². The second-order valence-electron chi connectivity index (χ2n) is 4.40. The van der Waals surface area contributed by atoms with Gasteiger partial charge in [0, 0.05) is 25.2 Å². The highest BCUT2D eigenvalue weighted by Gasteiger charge is 1.87. The molecule has 120 valence electrons. The molecule has 0 radical (unpaired) electrons. The third-order valence-electron chi connectivity index (χ3n) is 2.61. The first kappa shape index (κ1) is 24.8. The van der Waals surface area contributed by atoms with Gasteiger partial charge in [0.05, 0.1) is 0 Å². The number of hydrogen-bond acceptors (Lipinski definition) is 3. The molecule has 3 N–H and O–H groups in total. The number of aliphatic hydroxyl groups is 3. The smallest absolute Gasteiger partial charge is 0.0431 e. The molecule has 0 atom stereocenters. The second kappa shape index (κ2) is 27.2. The van der Waals surface area contributed by atoms with Gasteiger partial charge in [0.2, 0.25) is 0 Å². The number of alkyl halides is 1. The number of hydrogen-bond donors (Lipinski definition) is 3. The molecule has 0 heterocycles. The van der Waals surface area contributed by atoms with E-state index in [0.717, 1.165) is 43.9 Å². The predicted molar refractivity (Wildman–Crippen MR) is 91.5 cm³/mol. The molecular formula is C14H32Br2O3. The summed E-state index contributed by atoms with van der Waals surface area (Å²) in [7, 11) is 0. The van der Waals surface area contributed by atoms with E-state index in [0.29, 0.717) is 19.8 Å². The monoisotopic (exact) mass is 406 g/mol. The van der Waals surface area contributed by atoms with Crippen LogP contribution in [0, 0.1) is 0 Å². The average Bonchev–Trinajstić information content (AvgIpc) is 2.39. The van der Waals surface area contributed by atoms with E-state index in [9.17, 15) is 0 Å². The van der Waals surface area contributed by atoms with E-state index in [4.69, 9.17) is 15.3 Å². The number of unbranched alkanes of at least 4 members (excludes halogenated alkanes) is 8. The molecule has 0 aliphatic carbocycles. The Bertz CT molecular complexity index is 101. The summed E-state index contributed by atoms with van der Waals surface area (Å²) >= 11 is 3.37. The van der Waals surface area contributed by atoms with Crippen LogP contribution in [0.5, 0.6) is 0 Å². The fourth-order valence-electron chi connectivity index (χ4n) is 1.49. The molecule has 3 nitrogen and oxygen atoms in total. The fourth-order valence-corrected chi connectivity index (χ4v) is 1.89. The number of halogens is 2. The van der Waals surface area contributed by atoms with Crippen molar-refractivity contribution in [1.29, 1.82) is 0 Å². The van der Waals surface area contributed by atoms with E-state index in [1.807, 2.05) is 0 Å². The molecule has 0 saturated heterocycles. The highest BCUT2D eigenvalue weighted by molar-refractivity contribution is 9.09. The van der Waals surface area contributed by atoms with Gasteiger partial charge >= 0.3 is 0 Å². The van der Waals surface area contributed by atoms with Crippen LogP contribution in [-0.4, -0.2) is 40.5 Å². The minimum absolute atomic E-state index is 0. The van der Waals surface area contributed by atoms with Gasteiger partial charge in [-0.15, -0.1) is 17.0 Å². The van der Waals surface area contributed by atoms with Crippen molar-refractivity contribution in [2.24, 2.45) is 0 Å². The lowest BCUT2D eigenvalue weighted by atomic mass is 10.2. The predicted octanol–water partition coefficient (Wildman–Crippen LogP) is 3.82. The Kier molecular flexibility index (Phi) is 35.6. The molecule has 0 saturated carbocycles. The molecular weight excluding hydrogens is 376 g/mol. The summed E-state index contributed by atoms with van der Waals surface area (Å²) in [6.45, 7) is 0.965. The maximum Gasteiger partial charge on any atom is 0.0431 e. The lowest BCUT2D eigenvalue weighted by molar-refractivity contribution is 0.272. The van der Waals surface area contributed by atoms with Crippen LogP contribution in [0.3, 0.4) is 0 Å². The first-order valence-electron chi connectivity index (χ1n) is 7.22. The summed E-state index contributed by atoms with van der Waals surface area (Å²) in [5.74, 6) is 0. The zero-order chi connectivity index (χ0) is 13.9. The topological polar surface area (TPSA) is 60.7 Å². The molecule has 0 aromatic carbocycles. The zero-order valence-corrected chi connectivity index (χ0v) is 15.3. The van der Waals surface area contributed by atoms with Gasteiger partial charge in [0.25, 0.3) is 0 Å². The van der Waals surface area contributed by atoms with E-state index in [-0.39, 0.29) is 17.0 Å². The normalized spacial score (nSPS) is 9.47. The minimum atomic E-state index is 0. The van der Waals surface area contributed by atoms with E-state index in [2.05, 4.69) is 15.9 Å². The zero-order valence-electron chi connectivity index (χ0n) is 12.0. The van der Waals surface area contributed by atoms with Crippen LogP contribution in [0.1, 0.15) is 64.2 Å². The van der Waals surface area contributed by atoms with Crippen molar-refractivity contribution >= 4 is 32.9 Å². The van der Waals surface area contributed by atoms with Crippen LogP contribution in [-0.2, 0) is 0 Å². The first-order valence-corrected chi connectivity index (χ1v) is 8.34. The van der Waals surface area contributed by atoms with Crippen LogP contribution >= 0.6 is 32.9 Å². The largest absolute Gasteiger partial charge is 0.396 e.